The van der Waals surface area contributed by atoms with E-state index >= 15 is 0 Å². The van der Waals surface area contributed by atoms with Gasteiger partial charge in [0, 0.05) is 18.4 Å². The molecule has 0 aromatic rings. The second-order valence-electron chi connectivity index (χ2n) is 14.1. The normalized spacial score (nSPS) is 21.5. The first-order valence-electron chi connectivity index (χ1n) is 17.2. The van der Waals surface area contributed by atoms with Gasteiger partial charge in [-0.05, 0) is 58.8 Å². The first-order valence-corrected chi connectivity index (χ1v) is 17.2. The zero-order valence-electron chi connectivity index (χ0n) is 27.9. The van der Waals surface area contributed by atoms with E-state index in [0.717, 1.165) is 38.5 Å². The number of carbonyl (C=O) groups excluding carboxylic acids is 2. The SMILES string of the molecule is CCCCCCCC/C=C\CCCCCCCC(=O)NC1(C(CNC(=O)C2OC(C)(C)OCC2(C)C)C(=O)O)CCCC1. The molecule has 3 N–H and O–H groups in total. The first kappa shape index (κ1) is 37.3. The predicted octanol–water partition coefficient (Wildman–Crippen LogP) is 7.45. The lowest BCUT2D eigenvalue weighted by molar-refractivity contribution is -0.304. The summed E-state index contributed by atoms with van der Waals surface area (Å²) < 4.78 is 11.6. The number of amides is 2. The zero-order chi connectivity index (χ0) is 31.8. The molecule has 8 nitrogen and oxygen atoms in total. The Balaban J connectivity index is 1.72. The maximum atomic E-state index is 13.2. The number of hydrogen-bond acceptors (Lipinski definition) is 5. The molecule has 1 aliphatic heterocycles. The molecule has 2 fully saturated rings. The smallest absolute Gasteiger partial charge is 0.310 e. The van der Waals surface area contributed by atoms with Gasteiger partial charge in [-0.2, -0.15) is 0 Å². The summed E-state index contributed by atoms with van der Waals surface area (Å²) in [7, 11) is 0. The van der Waals surface area contributed by atoms with Crippen LogP contribution in [0.1, 0.15) is 150 Å². The molecule has 8 heteroatoms. The molecule has 0 aromatic heterocycles. The summed E-state index contributed by atoms with van der Waals surface area (Å²) in [5, 5.41) is 16.1. The topological polar surface area (TPSA) is 114 Å². The lowest BCUT2D eigenvalue weighted by Gasteiger charge is -2.45. The van der Waals surface area contributed by atoms with Gasteiger partial charge >= 0.3 is 5.97 Å². The van der Waals surface area contributed by atoms with Crippen LogP contribution in [0, 0.1) is 11.3 Å². The molecule has 2 amide bonds. The molecule has 0 bridgehead atoms. The third-order valence-electron chi connectivity index (χ3n) is 9.14. The molecule has 2 unspecified atom stereocenters. The predicted molar refractivity (Wildman–Crippen MR) is 172 cm³/mol. The highest BCUT2D eigenvalue weighted by Gasteiger charge is 2.48. The summed E-state index contributed by atoms with van der Waals surface area (Å²) in [4.78, 5) is 38.6. The van der Waals surface area contributed by atoms with Crippen molar-refractivity contribution >= 4 is 17.8 Å². The van der Waals surface area contributed by atoms with Gasteiger partial charge in [0.1, 0.15) is 6.10 Å². The summed E-state index contributed by atoms with van der Waals surface area (Å²) in [5.74, 6) is -3.24. The summed E-state index contributed by atoms with van der Waals surface area (Å²) in [6.45, 7) is 9.88. The lowest BCUT2D eigenvalue weighted by atomic mass is 9.81. The Bertz CT molecular complexity index is 878. The van der Waals surface area contributed by atoms with E-state index in [2.05, 4.69) is 29.7 Å². The van der Waals surface area contributed by atoms with Crippen LogP contribution in [0.3, 0.4) is 0 Å². The van der Waals surface area contributed by atoms with Gasteiger partial charge in [0.25, 0.3) is 0 Å². The largest absolute Gasteiger partial charge is 0.481 e. The molecule has 0 spiro atoms. The molecule has 1 saturated heterocycles. The Morgan fingerprint density at radius 3 is 2.00 bits per heavy atom. The molecule has 1 aliphatic carbocycles. The summed E-state index contributed by atoms with van der Waals surface area (Å²) in [5.41, 5.74) is -1.40. The van der Waals surface area contributed by atoms with Crippen molar-refractivity contribution < 1.29 is 29.0 Å². The van der Waals surface area contributed by atoms with Crippen molar-refractivity contribution in [2.75, 3.05) is 13.2 Å². The molecule has 0 aromatic carbocycles. The highest BCUT2D eigenvalue weighted by molar-refractivity contribution is 5.83. The van der Waals surface area contributed by atoms with E-state index in [4.69, 9.17) is 9.47 Å². The molecular formula is C35H62N2O6. The van der Waals surface area contributed by atoms with Gasteiger partial charge in [-0.1, -0.05) is 97.1 Å². The van der Waals surface area contributed by atoms with E-state index in [-0.39, 0.29) is 18.4 Å². The van der Waals surface area contributed by atoms with E-state index in [1.165, 1.54) is 57.8 Å². The van der Waals surface area contributed by atoms with Crippen molar-refractivity contribution in [3.05, 3.63) is 12.2 Å². The number of aliphatic carboxylic acids is 1. The van der Waals surface area contributed by atoms with Crippen LogP contribution in [0.4, 0.5) is 0 Å². The van der Waals surface area contributed by atoms with E-state index < -0.39 is 34.7 Å². The van der Waals surface area contributed by atoms with Crippen molar-refractivity contribution in [2.45, 2.75) is 168 Å². The van der Waals surface area contributed by atoms with Gasteiger partial charge in [-0.25, -0.2) is 0 Å². The fraction of sp³-hybridized carbons (Fsp3) is 0.857. The van der Waals surface area contributed by atoms with Crippen LogP contribution in [0.2, 0.25) is 0 Å². The molecule has 2 rings (SSSR count). The minimum atomic E-state index is -1.00. The van der Waals surface area contributed by atoms with Crippen LogP contribution in [0.25, 0.3) is 0 Å². The number of allylic oxidation sites excluding steroid dienone is 2. The van der Waals surface area contributed by atoms with E-state index in [9.17, 15) is 19.5 Å². The lowest BCUT2D eigenvalue weighted by Crippen LogP contribution is -2.60. The standard InChI is InChI=1S/C35H62N2O6/c1-6-7-8-9-10-11-12-13-14-15-16-17-18-19-20-23-29(38)37-35(24-21-22-25-35)28(32(40)41)26-36-31(39)30-33(2,3)27-42-34(4,5)43-30/h13-14,28,30H,6-12,15-27H2,1-5H3,(H,36,39)(H,37,38)(H,40,41)/b14-13-. The Kier molecular flexibility index (Phi) is 16.3. The number of ether oxygens (including phenoxy) is 2. The third-order valence-corrected chi connectivity index (χ3v) is 9.14. The molecule has 43 heavy (non-hydrogen) atoms. The zero-order valence-corrected chi connectivity index (χ0v) is 27.9. The van der Waals surface area contributed by atoms with Gasteiger partial charge in [-0.3, -0.25) is 14.4 Å². The van der Waals surface area contributed by atoms with Gasteiger partial charge in [0.15, 0.2) is 5.79 Å². The monoisotopic (exact) mass is 606 g/mol. The number of rotatable bonds is 21. The third kappa shape index (κ3) is 13.3. The summed E-state index contributed by atoms with van der Waals surface area (Å²) in [6.07, 6.45) is 22.8. The number of hydrogen-bond donors (Lipinski definition) is 3. The molecule has 2 atom stereocenters. The van der Waals surface area contributed by atoms with Crippen molar-refractivity contribution in [3.8, 4) is 0 Å². The Hall–Kier alpha value is -1.93. The Morgan fingerprint density at radius 1 is 0.860 bits per heavy atom. The van der Waals surface area contributed by atoms with Crippen LogP contribution in [0.15, 0.2) is 12.2 Å². The highest BCUT2D eigenvalue weighted by atomic mass is 16.7. The van der Waals surface area contributed by atoms with Gasteiger partial charge in [0.2, 0.25) is 11.8 Å². The minimum Gasteiger partial charge on any atom is -0.481 e. The van der Waals surface area contributed by atoms with Crippen LogP contribution in [-0.2, 0) is 23.9 Å². The fourth-order valence-corrected chi connectivity index (χ4v) is 6.40. The van der Waals surface area contributed by atoms with Crippen LogP contribution >= 0.6 is 0 Å². The number of carboxylic acids is 1. The number of nitrogens with one attached hydrogen (secondary N) is 2. The van der Waals surface area contributed by atoms with Crippen molar-refractivity contribution in [1.29, 1.82) is 0 Å². The molecular weight excluding hydrogens is 544 g/mol. The van der Waals surface area contributed by atoms with E-state index in [0.29, 0.717) is 25.9 Å². The Labute approximate surface area is 261 Å². The number of carbonyl (C=O) groups is 3. The van der Waals surface area contributed by atoms with Crippen molar-refractivity contribution in [3.63, 3.8) is 0 Å². The van der Waals surface area contributed by atoms with Crippen LogP contribution in [-0.4, -0.2) is 53.5 Å². The Morgan fingerprint density at radius 2 is 1.42 bits per heavy atom. The quantitative estimate of drug-likeness (QED) is 0.0924. The second-order valence-corrected chi connectivity index (χ2v) is 14.1. The molecule has 248 valence electrons. The highest BCUT2D eigenvalue weighted by Crippen LogP contribution is 2.38. The maximum Gasteiger partial charge on any atom is 0.310 e. The number of unbranched alkanes of at least 4 members (excludes halogenated alkanes) is 11. The molecule has 1 saturated carbocycles. The molecule has 0 radical (unpaired) electrons. The molecule has 2 aliphatic rings. The maximum absolute atomic E-state index is 13.2. The van der Waals surface area contributed by atoms with Gasteiger partial charge in [0.05, 0.1) is 18.1 Å². The first-order chi connectivity index (χ1) is 20.4. The van der Waals surface area contributed by atoms with E-state index in [1.807, 2.05) is 13.8 Å². The summed E-state index contributed by atoms with van der Waals surface area (Å²) in [6, 6.07) is 0. The second kappa shape index (κ2) is 18.8. The van der Waals surface area contributed by atoms with Crippen LogP contribution < -0.4 is 10.6 Å². The van der Waals surface area contributed by atoms with Crippen LogP contribution in [0.5, 0.6) is 0 Å². The fourth-order valence-electron chi connectivity index (χ4n) is 6.40. The summed E-state index contributed by atoms with van der Waals surface area (Å²) >= 11 is 0. The van der Waals surface area contributed by atoms with Gasteiger partial charge in [-0.15, -0.1) is 0 Å². The van der Waals surface area contributed by atoms with Crippen molar-refractivity contribution in [1.82, 2.24) is 10.6 Å². The minimum absolute atomic E-state index is 0.0565. The number of carboxylic acid groups (broad SMARTS) is 1. The van der Waals surface area contributed by atoms with Gasteiger partial charge < -0.3 is 25.2 Å². The van der Waals surface area contributed by atoms with E-state index in [1.54, 1.807) is 13.8 Å². The van der Waals surface area contributed by atoms with Crippen molar-refractivity contribution in [2.24, 2.45) is 11.3 Å². The molecule has 1 heterocycles. The average Bonchev–Trinajstić information content (AvgIpc) is 3.41. The average molecular weight is 607 g/mol.